The monoisotopic (exact) mass is 369 g/mol. The molecule has 11 heteroatoms. The summed E-state index contributed by atoms with van der Waals surface area (Å²) in [6.45, 7) is 3.86. The Balaban J connectivity index is 5.40. The van der Waals surface area contributed by atoms with E-state index in [1.54, 1.807) is 0 Å². The van der Waals surface area contributed by atoms with E-state index in [-0.39, 0.29) is 0 Å². The molecule has 0 saturated carbocycles. The van der Waals surface area contributed by atoms with Gasteiger partial charge in [0.25, 0.3) is 0 Å². The van der Waals surface area contributed by atoms with Gasteiger partial charge in [-0.3, -0.25) is 0 Å². The van der Waals surface area contributed by atoms with Gasteiger partial charge in [0.15, 0.2) is 0 Å². The van der Waals surface area contributed by atoms with Gasteiger partial charge in [-0.2, -0.15) is 35.7 Å². The average molecular weight is 369 g/mol. The minimum atomic E-state index is -4.94. The maximum absolute atomic E-state index is 13.7. The number of hydrogen-bond acceptors (Lipinski definition) is 1. The summed E-state index contributed by atoms with van der Waals surface area (Å²) in [5, 5.41) is 0. The normalized spacial score (nSPS) is 14.4. The van der Waals surface area contributed by atoms with E-state index in [2.05, 4.69) is 4.99 Å². The number of hydrogen-bond donors (Lipinski definition) is 0. The highest BCUT2D eigenvalue weighted by molar-refractivity contribution is 6.56. The van der Waals surface area contributed by atoms with Gasteiger partial charge in [-0.05, 0) is 0 Å². The summed E-state index contributed by atoms with van der Waals surface area (Å²) in [6.07, 6.45) is -8.55. The lowest BCUT2D eigenvalue weighted by molar-refractivity contribution is -0.223. The molecule has 0 aromatic rings. The summed E-state index contributed by atoms with van der Waals surface area (Å²) >= 11 is 0. The van der Waals surface area contributed by atoms with Crippen molar-refractivity contribution in [2.75, 3.05) is 27.3 Å². The van der Waals surface area contributed by atoms with E-state index in [4.69, 9.17) is 0 Å². The molecule has 0 bridgehead atoms. The van der Waals surface area contributed by atoms with Crippen LogP contribution in [-0.2, 0) is 0 Å². The van der Waals surface area contributed by atoms with Crippen LogP contribution in [0.1, 0.15) is 12.8 Å². The number of aliphatic imine (C=N–C) groups is 1. The van der Waals surface area contributed by atoms with Crippen molar-refractivity contribution in [3.63, 3.8) is 0 Å². The van der Waals surface area contributed by atoms with E-state index in [9.17, 15) is 30.7 Å². The molecule has 0 rings (SSSR count). The molecule has 0 aromatic heterocycles. The number of rotatable bonds is 6. The van der Waals surface area contributed by atoms with E-state index in [0.29, 0.717) is 6.17 Å². The van der Waals surface area contributed by atoms with Crippen molar-refractivity contribution in [2.24, 2.45) is 4.99 Å². The van der Waals surface area contributed by atoms with Gasteiger partial charge in [-0.25, -0.2) is 0 Å². The predicted octanol–water partition coefficient (Wildman–Crippen LogP) is 3.43. The van der Waals surface area contributed by atoms with Crippen LogP contribution in [0.25, 0.3) is 0 Å². The molecule has 0 aromatic carbocycles. The van der Waals surface area contributed by atoms with Crippen molar-refractivity contribution in [1.29, 1.82) is 0 Å². The molecule has 23 heavy (non-hydrogen) atoms. The smallest absolute Gasteiger partial charge is 0.349 e. The topological polar surface area (TPSA) is 18.8 Å². The van der Waals surface area contributed by atoms with Crippen LogP contribution in [0.2, 0.25) is 13.1 Å². The zero-order valence-electron chi connectivity index (χ0n) is 13.7. The van der Waals surface area contributed by atoms with Crippen molar-refractivity contribution >= 4 is 14.8 Å². The van der Waals surface area contributed by atoms with E-state index in [1.165, 1.54) is 26.0 Å². The lowest BCUT2D eigenvalue weighted by atomic mass is 10.1. The SMILES string of the molecule is CN(C)C(=NC(F)(F)C(F)(F)CCC(F)(F)F)N(C)C[SiH](C)C. The number of nitrogens with zero attached hydrogens (tertiary/aromatic N) is 3. The molecule has 0 spiro atoms. The molecular weight excluding hydrogens is 347 g/mol. The summed E-state index contributed by atoms with van der Waals surface area (Å²) < 4.78 is 90.5. The quantitative estimate of drug-likeness (QED) is 0.235. The van der Waals surface area contributed by atoms with Crippen LogP contribution in [0.15, 0.2) is 4.99 Å². The Labute approximate surface area is 132 Å². The van der Waals surface area contributed by atoms with Crippen LogP contribution in [0, 0.1) is 0 Å². The second-order valence-electron chi connectivity index (χ2n) is 5.94. The first-order valence-corrected chi connectivity index (χ1v) is 10.0. The minimum Gasteiger partial charge on any atom is -0.349 e. The van der Waals surface area contributed by atoms with Crippen molar-refractivity contribution in [2.45, 2.75) is 44.1 Å². The first kappa shape index (κ1) is 22.0. The minimum absolute atomic E-state index is 0.400. The lowest BCUT2D eigenvalue weighted by Gasteiger charge is -2.31. The predicted molar refractivity (Wildman–Crippen MR) is 77.8 cm³/mol. The average Bonchev–Trinajstić information content (AvgIpc) is 2.31. The summed E-state index contributed by atoms with van der Waals surface area (Å²) in [6, 6.07) is -4.93. The molecule has 0 amide bonds. The fraction of sp³-hybridized carbons (Fsp3) is 0.917. The van der Waals surface area contributed by atoms with Gasteiger partial charge in [0.2, 0.25) is 5.96 Å². The molecule has 0 aliphatic carbocycles. The molecule has 0 atom stereocenters. The molecular formula is C12H22F7N3Si. The number of halogens is 7. The first-order valence-electron chi connectivity index (χ1n) is 6.90. The fourth-order valence-electron chi connectivity index (χ4n) is 1.81. The highest BCUT2D eigenvalue weighted by Crippen LogP contribution is 2.41. The van der Waals surface area contributed by atoms with Gasteiger partial charge in [-0.1, -0.05) is 13.1 Å². The van der Waals surface area contributed by atoms with Gasteiger partial charge >= 0.3 is 18.1 Å². The molecule has 3 nitrogen and oxygen atoms in total. The van der Waals surface area contributed by atoms with Gasteiger partial charge < -0.3 is 9.80 Å². The Morgan fingerprint density at radius 3 is 1.74 bits per heavy atom. The van der Waals surface area contributed by atoms with Gasteiger partial charge in [-0.15, -0.1) is 0 Å². The third kappa shape index (κ3) is 7.40. The lowest BCUT2D eigenvalue weighted by Crippen LogP contribution is -2.47. The molecule has 0 N–H and O–H groups in total. The van der Waals surface area contributed by atoms with Gasteiger partial charge in [0, 0.05) is 40.2 Å². The molecule has 0 unspecified atom stereocenters. The first-order chi connectivity index (χ1) is 10.1. The summed E-state index contributed by atoms with van der Waals surface area (Å²) in [5.74, 6) is -5.29. The van der Waals surface area contributed by atoms with Crippen molar-refractivity contribution in [3.8, 4) is 0 Å². The Kier molecular flexibility index (Phi) is 7.38. The van der Waals surface area contributed by atoms with E-state index in [0.717, 1.165) is 4.90 Å². The maximum Gasteiger partial charge on any atom is 0.408 e. The van der Waals surface area contributed by atoms with Crippen LogP contribution in [-0.4, -0.2) is 70.0 Å². The Morgan fingerprint density at radius 2 is 1.39 bits per heavy atom. The molecule has 0 radical (unpaired) electrons. The van der Waals surface area contributed by atoms with Crippen molar-refractivity contribution < 1.29 is 30.7 Å². The molecule has 0 heterocycles. The summed E-state index contributed by atoms with van der Waals surface area (Å²) in [5.41, 5.74) is 0. The molecule has 0 fully saturated rings. The molecule has 138 valence electrons. The third-order valence-electron chi connectivity index (χ3n) is 2.78. The highest BCUT2D eigenvalue weighted by Gasteiger charge is 2.58. The van der Waals surface area contributed by atoms with Crippen LogP contribution in [0.3, 0.4) is 0 Å². The van der Waals surface area contributed by atoms with E-state index in [1.807, 2.05) is 13.1 Å². The van der Waals surface area contributed by atoms with Gasteiger partial charge in [0.1, 0.15) is 0 Å². The van der Waals surface area contributed by atoms with Crippen LogP contribution >= 0.6 is 0 Å². The Morgan fingerprint density at radius 1 is 0.913 bits per heavy atom. The Bertz CT molecular complexity index is 408. The fourth-order valence-corrected chi connectivity index (χ4v) is 3.07. The maximum atomic E-state index is 13.7. The number of guanidine groups is 1. The van der Waals surface area contributed by atoms with Crippen molar-refractivity contribution in [1.82, 2.24) is 9.80 Å². The second-order valence-corrected chi connectivity index (χ2v) is 9.09. The Hall–Kier alpha value is -1.00. The van der Waals surface area contributed by atoms with E-state index < -0.39 is 45.7 Å². The molecule has 0 aliphatic rings. The standard InChI is InChI=1S/C12H22F7N3Si/c1-21(2)9(22(3)8-23(4)5)20-12(18,19)10(13,14)6-7-11(15,16)17/h23H,6-8H2,1-5H3. The van der Waals surface area contributed by atoms with Crippen LogP contribution in [0.5, 0.6) is 0 Å². The highest BCUT2D eigenvalue weighted by atomic mass is 28.3. The van der Waals surface area contributed by atoms with Crippen LogP contribution < -0.4 is 0 Å². The molecule has 0 saturated heterocycles. The van der Waals surface area contributed by atoms with Crippen LogP contribution in [0.4, 0.5) is 30.7 Å². The second kappa shape index (κ2) is 7.71. The summed E-state index contributed by atoms with van der Waals surface area (Å²) in [4.78, 5) is 5.21. The number of alkyl halides is 7. The largest absolute Gasteiger partial charge is 0.408 e. The zero-order chi connectivity index (χ0) is 18.6. The van der Waals surface area contributed by atoms with Gasteiger partial charge in [0.05, 0.1) is 8.80 Å². The van der Waals surface area contributed by atoms with E-state index >= 15 is 0 Å². The summed E-state index contributed by atoms with van der Waals surface area (Å²) in [7, 11) is 2.89. The zero-order valence-corrected chi connectivity index (χ0v) is 14.8. The van der Waals surface area contributed by atoms with Crippen molar-refractivity contribution in [3.05, 3.63) is 0 Å². The third-order valence-corrected chi connectivity index (χ3v) is 4.06. The molecule has 0 aliphatic heterocycles.